The van der Waals surface area contributed by atoms with Gasteiger partial charge in [-0.25, -0.2) is 0 Å². The summed E-state index contributed by atoms with van der Waals surface area (Å²) >= 11 is 3.25. The normalized spacial score (nSPS) is 11.7. The molecule has 0 aliphatic carbocycles. The van der Waals surface area contributed by atoms with Crippen LogP contribution in [0.2, 0.25) is 0 Å². The lowest BCUT2D eigenvalue weighted by Crippen LogP contribution is -2.11. The van der Waals surface area contributed by atoms with Crippen LogP contribution in [0.25, 0.3) is 0 Å². The van der Waals surface area contributed by atoms with Crippen LogP contribution < -0.4 is 4.18 Å². The Bertz CT molecular complexity index is 770. The average molecular weight is 370 g/mol. The number of nitrogens with zero attached hydrogens (tertiary/aromatic N) is 1. The van der Waals surface area contributed by atoms with Gasteiger partial charge in [-0.1, -0.05) is 38.8 Å². The highest BCUT2D eigenvalue weighted by molar-refractivity contribution is 9.10. The van der Waals surface area contributed by atoms with Gasteiger partial charge in [0.25, 0.3) is 0 Å². The predicted molar refractivity (Wildman–Crippen MR) is 82.5 cm³/mol. The van der Waals surface area contributed by atoms with Crippen LogP contribution in [0.4, 0.5) is 0 Å². The number of hydrogen-bond donors (Lipinski definition) is 1. The van der Waals surface area contributed by atoms with Crippen LogP contribution in [0.3, 0.4) is 0 Å². The van der Waals surface area contributed by atoms with Crippen LogP contribution in [0.1, 0.15) is 11.1 Å². The van der Waals surface area contributed by atoms with E-state index in [9.17, 15) is 8.42 Å². The number of halogens is 1. The molecule has 0 fully saturated rings. The van der Waals surface area contributed by atoms with Gasteiger partial charge < -0.3 is 9.39 Å². The molecule has 0 radical (unpaired) electrons. The van der Waals surface area contributed by atoms with Crippen molar-refractivity contribution < 1.29 is 17.8 Å². The zero-order chi connectivity index (χ0) is 15.5. The SMILES string of the molecule is Cc1ccc(S(=O)(=O)Oc2ccc(Br)cc2/C=N/O)cc1. The second kappa shape index (κ2) is 6.28. The maximum Gasteiger partial charge on any atom is 0.339 e. The van der Waals surface area contributed by atoms with Crippen LogP contribution in [0.5, 0.6) is 5.75 Å². The Kier molecular flexibility index (Phi) is 4.64. The Hall–Kier alpha value is -1.86. The number of rotatable bonds is 4. The monoisotopic (exact) mass is 369 g/mol. The van der Waals surface area contributed by atoms with Gasteiger partial charge in [0.1, 0.15) is 4.90 Å². The first-order valence-corrected chi connectivity index (χ1v) is 8.10. The van der Waals surface area contributed by atoms with Crippen LogP contribution in [0, 0.1) is 6.92 Å². The number of aryl methyl sites for hydroxylation is 1. The summed E-state index contributed by atoms with van der Waals surface area (Å²) in [4.78, 5) is 0.0582. The molecule has 0 amide bonds. The molecule has 0 spiro atoms. The summed E-state index contributed by atoms with van der Waals surface area (Å²) in [6.07, 6.45) is 1.10. The molecule has 0 aliphatic heterocycles. The molecule has 2 aromatic rings. The summed E-state index contributed by atoms with van der Waals surface area (Å²) < 4.78 is 30.2. The van der Waals surface area contributed by atoms with E-state index < -0.39 is 10.1 Å². The Morgan fingerprint density at radius 2 is 1.86 bits per heavy atom. The minimum atomic E-state index is -3.94. The van der Waals surface area contributed by atoms with Gasteiger partial charge in [-0.2, -0.15) is 8.42 Å². The zero-order valence-corrected chi connectivity index (χ0v) is 13.4. The summed E-state index contributed by atoms with van der Waals surface area (Å²) in [6.45, 7) is 1.86. The van der Waals surface area contributed by atoms with Gasteiger partial charge in [-0.05, 0) is 37.3 Å². The first-order valence-electron chi connectivity index (χ1n) is 5.90. The minimum absolute atomic E-state index is 0.0582. The van der Waals surface area contributed by atoms with Crippen LogP contribution in [-0.2, 0) is 10.1 Å². The van der Waals surface area contributed by atoms with Crippen molar-refractivity contribution in [1.29, 1.82) is 0 Å². The van der Waals surface area contributed by atoms with Gasteiger partial charge in [-0.3, -0.25) is 0 Å². The Balaban J connectivity index is 2.39. The van der Waals surface area contributed by atoms with E-state index in [-0.39, 0.29) is 10.6 Å². The van der Waals surface area contributed by atoms with Crippen molar-refractivity contribution in [3.05, 3.63) is 58.1 Å². The van der Waals surface area contributed by atoms with E-state index >= 15 is 0 Å². The van der Waals surface area contributed by atoms with Gasteiger partial charge in [-0.15, -0.1) is 0 Å². The van der Waals surface area contributed by atoms with E-state index in [0.29, 0.717) is 10.0 Å². The largest absolute Gasteiger partial charge is 0.411 e. The highest BCUT2D eigenvalue weighted by Gasteiger charge is 2.18. The van der Waals surface area contributed by atoms with E-state index in [1.54, 1.807) is 24.3 Å². The van der Waals surface area contributed by atoms with Crippen LogP contribution in [0.15, 0.2) is 57.0 Å². The van der Waals surface area contributed by atoms with E-state index in [1.807, 2.05) is 6.92 Å². The van der Waals surface area contributed by atoms with Gasteiger partial charge >= 0.3 is 10.1 Å². The molecule has 0 heterocycles. The van der Waals surface area contributed by atoms with Crippen molar-refractivity contribution in [2.45, 2.75) is 11.8 Å². The topological polar surface area (TPSA) is 76.0 Å². The molecular weight excluding hydrogens is 358 g/mol. The van der Waals surface area contributed by atoms with E-state index in [0.717, 1.165) is 11.8 Å². The van der Waals surface area contributed by atoms with Crippen molar-refractivity contribution in [3.8, 4) is 5.75 Å². The van der Waals surface area contributed by atoms with Crippen molar-refractivity contribution in [2.75, 3.05) is 0 Å². The molecule has 0 bridgehead atoms. The summed E-state index contributed by atoms with van der Waals surface area (Å²) in [5, 5.41) is 11.5. The molecule has 0 aromatic heterocycles. The third-order valence-electron chi connectivity index (χ3n) is 2.68. The second-order valence-corrected chi connectivity index (χ2v) is 6.74. The molecule has 1 N–H and O–H groups in total. The van der Waals surface area contributed by atoms with Gasteiger partial charge in [0.05, 0.1) is 6.21 Å². The highest BCUT2D eigenvalue weighted by atomic mass is 79.9. The average Bonchev–Trinajstić information content (AvgIpc) is 2.42. The first-order chi connectivity index (χ1) is 9.92. The fourth-order valence-electron chi connectivity index (χ4n) is 1.63. The van der Waals surface area contributed by atoms with Crippen molar-refractivity contribution >= 4 is 32.3 Å². The van der Waals surface area contributed by atoms with E-state index in [2.05, 4.69) is 21.1 Å². The standard InChI is InChI=1S/C14H12BrNO4S/c1-10-2-5-13(6-3-10)21(18,19)20-14-7-4-12(15)8-11(14)9-16-17/h2-9,17H,1H3/b16-9+. The van der Waals surface area contributed by atoms with Crippen molar-refractivity contribution in [1.82, 2.24) is 0 Å². The molecule has 0 unspecified atom stereocenters. The zero-order valence-electron chi connectivity index (χ0n) is 11.0. The fraction of sp³-hybridized carbons (Fsp3) is 0.0714. The molecule has 110 valence electrons. The fourth-order valence-corrected chi connectivity index (χ4v) is 2.96. The third-order valence-corrected chi connectivity index (χ3v) is 4.42. The third kappa shape index (κ3) is 3.83. The smallest absolute Gasteiger partial charge is 0.339 e. The summed E-state index contributed by atoms with van der Waals surface area (Å²) in [7, 11) is -3.94. The van der Waals surface area contributed by atoms with Gasteiger partial charge in [0.2, 0.25) is 0 Å². The predicted octanol–water partition coefficient (Wildman–Crippen LogP) is 3.33. The maximum atomic E-state index is 12.2. The van der Waals surface area contributed by atoms with Crippen LogP contribution in [-0.4, -0.2) is 19.8 Å². The molecule has 5 nitrogen and oxygen atoms in total. The first kappa shape index (κ1) is 15.5. The van der Waals surface area contributed by atoms with E-state index in [1.165, 1.54) is 18.2 Å². The summed E-state index contributed by atoms with van der Waals surface area (Å²) in [5.74, 6) is 0.0802. The molecule has 0 aliphatic rings. The van der Waals surface area contributed by atoms with Gasteiger partial charge in [0, 0.05) is 10.0 Å². The lowest BCUT2D eigenvalue weighted by Gasteiger charge is -2.09. The Morgan fingerprint density at radius 3 is 2.48 bits per heavy atom. The molecular formula is C14H12BrNO4S. The molecule has 0 atom stereocenters. The van der Waals surface area contributed by atoms with Crippen molar-refractivity contribution in [3.63, 3.8) is 0 Å². The van der Waals surface area contributed by atoms with E-state index in [4.69, 9.17) is 9.39 Å². The lowest BCUT2D eigenvalue weighted by atomic mass is 10.2. The Labute approximate surface area is 131 Å². The number of benzene rings is 2. The highest BCUT2D eigenvalue weighted by Crippen LogP contribution is 2.25. The molecule has 7 heteroatoms. The minimum Gasteiger partial charge on any atom is -0.411 e. The van der Waals surface area contributed by atoms with Gasteiger partial charge in [0.15, 0.2) is 5.75 Å². The Morgan fingerprint density at radius 1 is 1.19 bits per heavy atom. The van der Waals surface area contributed by atoms with Crippen LogP contribution >= 0.6 is 15.9 Å². The molecule has 21 heavy (non-hydrogen) atoms. The second-order valence-electron chi connectivity index (χ2n) is 4.28. The maximum absolute atomic E-state index is 12.2. The molecule has 0 saturated heterocycles. The molecule has 2 aromatic carbocycles. The molecule has 0 saturated carbocycles. The summed E-state index contributed by atoms with van der Waals surface area (Å²) in [5.41, 5.74) is 1.29. The lowest BCUT2D eigenvalue weighted by molar-refractivity contribution is 0.321. The number of hydrogen-bond acceptors (Lipinski definition) is 5. The quantitative estimate of drug-likeness (QED) is 0.388. The summed E-state index contributed by atoms with van der Waals surface area (Å²) in [6, 6.07) is 11.0. The number of oxime groups is 1. The van der Waals surface area contributed by atoms with Crippen molar-refractivity contribution in [2.24, 2.45) is 5.16 Å². The molecule has 2 rings (SSSR count).